The van der Waals surface area contributed by atoms with Gasteiger partial charge in [0.1, 0.15) is 12.1 Å². The van der Waals surface area contributed by atoms with Crippen LogP contribution in [0.4, 0.5) is 17.1 Å². The summed E-state index contributed by atoms with van der Waals surface area (Å²) in [6.45, 7) is 1.46. The van der Waals surface area contributed by atoms with Crippen LogP contribution in [0.5, 0.6) is 0 Å². The van der Waals surface area contributed by atoms with Gasteiger partial charge in [-0.1, -0.05) is 24.3 Å². The van der Waals surface area contributed by atoms with Crippen molar-refractivity contribution in [3.8, 4) is 0 Å². The average molecular weight is 396 g/mol. The van der Waals surface area contributed by atoms with Crippen LogP contribution < -0.4 is 10.2 Å². The molecule has 0 fully saturated rings. The van der Waals surface area contributed by atoms with Crippen LogP contribution in [0.15, 0.2) is 48.5 Å². The van der Waals surface area contributed by atoms with Crippen LogP contribution in [0, 0.1) is 10.1 Å². The molecule has 29 heavy (non-hydrogen) atoms. The summed E-state index contributed by atoms with van der Waals surface area (Å²) in [4.78, 5) is 51.0. The zero-order valence-electron chi connectivity index (χ0n) is 16.0. The molecule has 1 N–H and O–H groups in total. The fourth-order valence-corrected chi connectivity index (χ4v) is 3.34. The smallest absolute Gasteiger partial charge is 0.282 e. The third-order valence-electron chi connectivity index (χ3n) is 4.68. The molecule has 0 aliphatic carbocycles. The standard InChI is InChI=1S/C20H20N4O5/c1-13-11-18(25)21-15-8-4-6-10-17(15)23(13)19(26)12-22(2)20(27)14-7-3-5-9-16(14)24(28)29/h3-10,13H,11-12H2,1-2H3,(H,21,25)/t13-/m1/s1. The van der Waals surface area contributed by atoms with E-state index in [1.165, 1.54) is 36.2 Å². The molecule has 0 unspecified atom stereocenters. The van der Waals surface area contributed by atoms with E-state index in [1.807, 2.05) is 0 Å². The monoisotopic (exact) mass is 396 g/mol. The summed E-state index contributed by atoms with van der Waals surface area (Å²) in [5, 5.41) is 14.0. The van der Waals surface area contributed by atoms with Gasteiger partial charge in [-0.15, -0.1) is 0 Å². The number of para-hydroxylation sites is 3. The molecule has 2 aromatic carbocycles. The molecule has 1 atom stereocenters. The molecule has 0 bridgehead atoms. The quantitative estimate of drug-likeness (QED) is 0.630. The van der Waals surface area contributed by atoms with E-state index >= 15 is 0 Å². The second-order valence-corrected chi connectivity index (χ2v) is 6.82. The van der Waals surface area contributed by atoms with Crippen LogP contribution in [0.3, 0.4) is 0 Å². The zero-order chi connectivity index (χ0) is 21.1. The van der Waals surface area contributed by atoms with E-state index in [4.69, 9.17) is 0 Å². The number of amides is 3. The van der Waals surface area contributed by atoms with Crippen molar-refractivity contribution in [3.63, 3.8) is 0 Å². The third-order valence-corrected chi connectivity index (χ3v) is 4.68. The Morgan fingerprint density at radius 2 is 1.86 bits per heavy atom. The predicted octanol–water partition coefficient (Wildman–Crippen LogP) is 2.43. The second-order valence-electron chi connectivity index (χ2n) is 6.82. The van der Waals surface area contributed by atoms with Gasteiger partial charge in [-0.3, -0.25) is 24.5 Å². The van der Waals surface area contributed by atoms with E-state index in [9.17, 15) is 24.5 Å². The summed E-state index contributed by atoms with van der Waals surface area (Å²) in [7, 11) is 1.41. The highest BCUT2D eigenvalue weighted by molar-refractivity contribution is 6.06. The summed E-state index contributed by atoms with van der Waals surface area (Å²) in [6.07, 6.45) is 0.113. The maximum Gasteiger partial charge on any atom is 0.282 e. The van der Waals surface area contributed by atoms with Crippen LogP contribution in [-0.4, -0.2) is 47.2 Å². The lowest BCUT2D eigenvalue weighted by atomic mass is 10.1. The molecule has 9 nitrogen and oxygen atoms in total. The first-order valence-corrected chi connectivity index (χ1v) is 8.99. The lowest BCUT2D eigenvalue weighted by molar-refractivity contribution is -0.385. The van der Waals surface area contributed by atoms with Gasteiger partial charge in [-0.05, 0) is 25.1 Å². The van der Waals surface area contributed by atoms with Gasteiger partial charge < -0.3 is 15.1 Å². The number of carbonyl (C=O) groups is 3. The van der Waals surface area contributed by atoms with E-state index in [1.54, 1.807) is 31.2 Å². The van der Waals surface area contributed by atoms with Gasteiger partial charge in [0.2, 0.25) is 11.8 Å². The molecule has 1 aliphatic rings. The van der Waals surface area contributed by atoms with Crippen LogP contribution in [0.25, 0.3) is 0 Å². The largest absolute Gasteiger partial charge is 0.332 e. The van der Waals surface area contributed by atoms with Crippen molar-refractivity contribution in [3.05, 3.63) is 64.2 Å². The number of rotatable bonds is 4. The van der Waals surface area contributed by atoms with Gasteiger partial charge in [-0.25, -0.2) is 0 Å². The van der Waals surface area contributed by atoms with E-state index in [0.717, 1.165) is 4.90 Å². The van der Waals surface area contributed by atoms with Crippen LogP contribution in [0.1, 0.15) is 23.7 Å². The maximum absolute atomic E-state index is 13.1. The third kappa shape index (κ3) is 4.08. The summed E-state index contributed by atoms with van der Waals surface area (Å²) in [5.41, 5.74) is 0.652. The molecule has 3 rings (SSSR count). The van der Waals surface area contributed by atoms with E-state index < -0.39 is 22.8 Å². The van der Waals surface area contributed by atoms with Crippen molar-refractivity contribution in [2.45, 2.75) is 19.4 Å². The van der Waals surface area contributed by atoms with Gasteiger partial charge in [0.05, 0.1) is 16.3 Å². The van der Waals surface area contributed by atoms with Crippen molar-refractivity contribution < 1.29 is 19.3 Å². The molecule has 0 saturated carbocycles. The molecule has 9 heteroatoms. The normalized spacial score (nSPS) is 15.7. The number of nitro groups is 1. The fraction of sp³-hybridized carbons (Fsp3) is 0.250. The first-order chi connectivity index (χ1) is 13.8. The van der Waals surface area contributed by atoms with Crippen molar-refractivity contribution in [1.29, 1.82) is 0 Å². The molecule has 3 amide bonds. The number of likely N-dealkylation sites (N-methyl/N-ethyl adjacent to an activating group) is 1. The minimum absolute atomic E-state index is 0.0889. The highest BCUT2D eigenvalue weighted by Crippen LogP contribution is 2.31. The summed E-state index contributed by atoms with van der Waals surface area (Å²) < 4.78 is 0. The Hall–Kier alpha value is -3.75. The number of anilines is 2. The van der Waals surface area contributed by atoms with Crippen LogP contribution in [0.2, 0.25) is 0 Å². The zero-order valence-corrected chi connectivity index (χ0v) is 16.0. The first-order valence-electron chi connectivity index (χ1n) is 8.99. The van der Waals surface area contributed by atoms with Crippen LogP contribution in [-0.2, 0) is 9.59 Å². The van der Waals surface area contributed by atoms with Crippen molar-refractivity contribution in [1.82, 2.24) is 4.90 Å². The van der Waals surface area contributed by atoms with Crippen molar-refractivity contribution in [2.75, 3.05) is 23.8 Å². The summed E-state index contributed by atoms with van der Waals surface area (Å²) in [5.74, 6) is -1.23. The number of nitro benzene ring substituents is 1. The van der Waals surface area contributed by atoms with Gasteiger partial charge in [0, 0.05) is 25.6 Å². The van der Waals surface area contributed by atoms with Gasteiger partial charge >= 0.3 is 0 Å². The van der Waals surface area contributed by atoms with E-state index in [0.29, 0.717) is 11.4 Å². The number of carbonyl (C=O) groups excluding carboxylic acids is 3. The Labute approximate surface area is 167 Å². The van der Waals surface area contributed by atoms with Crippen LogP contribution >= 0.6 is 0 Å². The number of hydrogen-bond donors (Lipinski definition) is 1. The number of benzene rings is 2. The molecule has 150 valence electrons. The number of fused-ring (bicyclic) bond motifs is 1. The maximum atomic E-state index is 13.1. The molecular weight excluding hydrogens is 376 g/mol. The van der Waals surface area contributed by atoms with Gasteiger partial charge in [0.25, 0.3) is 11.6 Å². The highest BCUT2D eigenvalue weighted by atomic mass is 16.6. The second kappa shape index (κ2) is 8.09. The van der Waals surface area contributed by atoms with Crippen molar-refractivity contribution in [2.24, 2.45) is 0 Å². The summed E-state index contributed by atoms with van der Waals surface area (Å²) in [6, 6.07) is 12.1. The Kier molecular flexibility index (Phi) is 5.58. The summed E-state index contributed by atoms with van der Waals surface area (Å²) >= 11 is 0. The Morgan fingerprint density at radius 3 is 2.59 bits per heavy atom. The Balaban J connectivity index is 1.85. The topological polar surface area (TPSA) is 113 Å². The fourth-order valence-electron chi connectivity index (χ4n) is 3.34. The molecule has 1 heterocycles. The SMILES string of the molecule is C[C@@H]1CC(=O)Nc2ccccc2N1C(=O)CN(C)C(=O)c1ccccc1[N+](=O)[O-]. The lowest BCUT2D eigenvalue weighted by Crippen LogP contribution is -2.45. The minimum atomic E-state index is -0.632. The molecule has 0 saturated heterocycles. The van der Waals surface area contributed by atoms with E-state index in [2.05, 4.69) is 5.32 Å². The van der Waals surface area contributed by atoms with E-state index in [-0.39, 0.29) is 30.1 Å². The van der Waals surface area contributed by atoms with Gasteiger partial charge in [0.15, 0.2) is 0 Å². The van der Waals surface area contributed by atoms with Gasteiger partial charge in [-0.2, -0.15) is 0 Å². The number of nitrogens with one attached hydrogen (secondary N) is 1. The number of nitrogens with zero attached hydrogens (tertiary/aromatic N) is 3. The van der Waals surface area contributed by atoms with Crippen molar-refractivity contribution >= 4 is 34.8 Å². The molecule has 0 aromatic heterocycles. The molecular formula is C20H20N4O5. The predicted molar refractivity (Wildman–Crippen MR) is 107 cm³/mol. The molecule has 0 radical (unpaired) electrons. The first kappa shape index (κ1) is 20.0. The number of hydrogen-bond acceptors (Lipinski definition) is 5. The molecule has 0 spiro atoms. The minimum Gasteiger partial charge on any atom is -0.332 e. The molecule has 2 aromatic rings. The Morgan fingerprint density at radius 1 is 1.21 bits per heavy atom. The lowest BCUT2D eigenvalue weighted by Gasteiger charge is -2.29. The highest BCUT2D eigenvalue weighted by Gasteiger charge is 2.31. The molecule has 1 aliphatic heterocycles. The Bertz CT molecular complexity index is 990. The average Bonchev–Trinajstić information content (AvgIpc) is 2.81.